The molecule has 0 amide bonds. The van der Waals surface area contributed by atoms with E-state index in [1.54, 1.807) is 18.4 Å². The topological polar surface area (TPSA) is 45.7 Å². The molecule has 1 aromatic heterocycles. The second-order valence-electron chi connectivity index (χ2n) is 5.39. The molecular formula is C18H25N3OS. The lowest BCUT2D eigenvalue weighted by Gasteiger charge is -2.12. The van der Waals surface area contributed by atoms with Crippen LogP contribution in [0.2, 0.25) is 0 Å². The van der Waals surface area contributed by atoms with E-state index < -0.39 is 0 Å². The van der Waals surface area contributed by atoms with Crippen LogP contribution in [-0.2, 0) is 13.1 Å². The van der Waals surface area contributed by atoms with E-state index in [0.717, 1.165) is 30.4 Å². The highest BCUT2D eigenvalue weighted by Gasteiger charge is 2.05. The van der Waals surface area contributed by atoms with E-state index in [2.05, 4.69) is 60.0 Å². The van der Waals surface area contributed by atoms with E-state index in [1.807, 2.05) is 6.07 Å². The number of aryl methyl sites for hydroxylation is 2. The minimum Gasteiger partial charge on any atom is -0.496 e. The molecule has 1 heterocycles. The first-order valence-electron chi connectivity index (χ1n) is 7.82. The van der Waals surface area contributed by atoms with Gasteiger partial charge < -0.3 is 15.4 Å². The molecule has 23 heavy (non-hydrogen) atoms. The van der Waals surface area contributed by atoms with Crippen LogP contribution in [0.25, 0.3) is 0 Å². The molecule has 0 unspecified atom stereocenters. The third kappa shape index (κ3) is 4.99. The Hall–Kier alpha value is -2.01. The lowest BCUT2D eigenvalue weighted by atomic mass is 10.1. The summed E-state index contributed by atoms with van der Waals surface area (Å²) in [6, 6.07) is 8.34. The number of hydrogen-bond donors (Lipinski definition) is 2. The Bertz CT molecular complexity index is 664. The third-order valence-corrected chi connectivity index (χ3v) is 4.60. The van der Waals surface area contributed by atoms with Crippen LogP contribution in [-0.4, -0.2) is 19.6 Å². The van der Waals surface area contributed by atoms with Gasteiger partial charge in [-0.3, -0.25) is 0 Å². The normalized spacial score (nSPS) is 11.4. The van der Waals surface area contributed by atoms with Crippen molar-refractivity contribution in [3.8, 4) is 5.75 Å². The molecule has 0 fully saturated rings. The van der Waals surface area contributed by atoms with Gasteiger partial charge in [0.25, 0.3) is 0 Å². The minimum atomic E-state index is 0.586. The smallest absolute Gasteiger partial charge is 0.191 e. The number of nitrogens with zero attached hydrogens (tertiary/aromatic N) is 1. The molecule has 4 nitrogen and oxygen atoms in total. The average molecular weight is 331 g/mol. The Labute approximate surface area is 142 Å². The Morgan fingerprint density at radius 1 is 1.22 bits per heavy atom. The van der Waals surface area contributed by atoms with Gasteiger partial charge in [0.15, 0.2) is 5.96 Å². The van der Waals surface area contributed by atoms with Crippen LogP contribution in [0.3, 0.4) is 0 Å². The molecule has 0 bridgehead atoms. The predicted molar refractivity (Wildman–Crippen MR) is 98.4 cm³/mol. The molecule has 0 atom stereocenters. The van der Waals surface area contributed by atoms with Gasteiger partial charge in [-0.05, 0) is 49.4 Å². The highest BCUT2D eigenvalue weighted by atomic mass is 32.1. The van der Waals surface area contributed by atoms with E-state index >= 15 is 0 Å². The van der Waals surface area contributed by atoms with E-state index in [1.165, 1.54) is 16.0 Å². The number of guanidine groups is 1. The Morgan fingerprint density at radius 2 is 2.04 bits per heavy atom. The molecule has 2 N–H and O–H groups in total. The molecule has 0 spiro atoms. The molecule has 0 aliphatic heterocycles. The quantitative estimate of drug-likeness (QED) is 0.628. The van der Waals surface area contributed by atoms with Crippen molar-refractivity contribution in [3.63, 3.8) is 0 Å². The molecule has 124 valence electrons. The van der Waals surface area contributed by atoms with E-state index in [4.69, 9.17) is 4.74 Å². The lowest BCUT2D eigenvalue weighted by Crippen LogP contribution is -2.36. The van der Waals surface area contributed by atoms with Crippen molar-refractivity contribution in [2.75, 3.05) is 13.7 Å². The van der Waals surface area contributed by atoms with Crippen molar-refractivity contribution in [2.45, 2.75) is 33.9 Å². The maximum atomic E-state index is 5.44. The molecule has 0 radical (unpaired) electrons. The maximum absolute atomic E-state index is 5.44. The summed E-state index contributed by atoms with van der Waals surface area (Å²) in [7, 11) is 1.70. The monoisotopic (exact) mass is 331 g/mol. The number of aliphatic imine (C=N–C) groups is 1. The van der Waals surface area contributed by atoms with Gasteiger partial charge in [-0.2, -0.15) is 0 Å². The van der Waals surface area contributed by atoms with Crippen LogP contribution in [0.4, 0.5) is 0 Å². The van der Waals surface area contributed by atoms with Gasteiger partial charge >= 0.3 is 0 Å². The van der Waals surface area contributed by atoms with Crippen LogP contribution in [0, 0.1) is 13.8 Å². The SMILES string of the molecule is CCNC(=NCc1ccc(C)cc1OC)NCc1sccc1C. The average Bonchev–Trinajstić information content (AvgIpc) is 2.96. The van der Waals surface area contributed by atoms with Gasteiger partial charge in [-0.15, -0.1) is 11.3 Å². The highest BCUT2D eigenvalue weighted by Crippen LogP contribution is 2.20. The number of rotatable bonds is 6. The summed E-state index contributed by atoms with van der Waals surface area (Å²) in [4.78, 5) is 6.01. The van der Waals surface area contributed by atoms with Crippen LogP contribution >= 0.6 is 11.3 Å². The van der Waals surface area contributed by atoms with E-state index in [-0.39, 0.29) is 0 Å². The Morgan fingerprint density at radius 3 is 2.70 bits per heavy atom. The van der Waals surface area contributed by atoms with E-state index in [0.29, 0.717) is 6.54 Å². The van der Waals surface area contributed by atoms with Crippen molar-refractivity contribution in [1.29, 1.82) is 0 Å². The first-order chi connectivity index (χ1) is 11.1. The van der Waals surface area contributed by atoms with Crippen LogP contribution in [0.1, 0.15) is 28.5 Å². The van der Waals surface area contributed by atoms with Gasteiger partial charge in [0.05, 0.1) is 20.2 Å². The van der Waals surface area contributed by atoms with Gasteiger partial charge in [0.1, 0.15) is 5.75 Å². The summed E-state index contributed by atoms with van der Waals surface area (Å²) in [6.07, 6.45) is 0. The zero-order valence-corrected chi connectivity index (χ0v) is 15.1. The summed E-state index contributed by atoms with van der Waals surface area (Å²) in [5.41, 5.74) is 3.59. The molecule has 0 saturated carbocycles. The molecule has 0 aliphatic rings. The first kappa shape index (κ1) is 17.3. The van der Waals surface area contributed by atoms with Crippen LogP contribution < -0.4 is 15.4 Å². The summed E-state index contributed by atoms with van der Waals surface area (Å²) >= 11 is 1.77. The number of ether oxygens (including phenoxy) is 1. The maximum Gasteiger partial charge on any atom is 0.191 e. The molecule has 1 aromatic carbocycles. The fourth-order valence-electron chi connectivity index (χ4n) is 2.24. The largest absolute Gasteiger partial charge is 0.496 e. The predicted octanol–water partition coefficient (Wildman–Crippen LogP) is 3.63. The minimum absolute atomic E-state index is 0.586. The number of benzene rings is 1. The van der Waals surface area contributed by atoms with Crippen molar-refractivity contribution in [2.24, 2.45) is 4.99 Å². The molecule has 2 aromatic rings. The summed E-state index contributed by atoms with van der Waals surface area (Å²) in [6.45, 7) is 8.47. The van der Waals surface area contributed by atoms with Crippen molar-refractivity contribution >= 4 is 17.3 Å². The molecular weight excluding hydrogens is 306 g/mol. The first-order valence-corrected chi connectivity index (χ1v) is 8.70. The number of nitrogens with one attached hydrogen (secondary N) is 2. The summed E-state index contributed by atoms with van der Waals surface area (Å²) in [5.74, 6) is 1.71. The molecule has 5 heteroatoms. The van der Waals surface area contributed by atoms with Crippen molar-refractivity contribution in [1.82, 2.24) is 10.6 Å². The molecule has 0 saturated heterocycles. The lowest BCUT2D eigenvalue weighted by molar-refractivity contribution is 0.409. The van der Waals surface area contributed by atoms with Crippen LogP contribution in [0.5, 0.6) is 5.75 Å². The number of thiophene rings is 1. The van der Waals surface area contributed by atoms with Gasteiger partial charge in [-0.1, -0.05) is 12.1 Å². The fraction of sp³-hybridized carbons (Fsp3) is 0.389. The fourth-order valence-corrected chi connectivity index (χ4v) is 3.08. The summed E-state index contributed by atoms with van der Waals surface area (Å²) < 4.78 is 5.44. The van der Waals surface area contributed by atoms with Crippen LogP contribution in [0.15, 0.2) is 34.6 Å². The zero-order chi connectivity index (χ0) is 16.7. The Balaban J connectivity index is 2.05. The zero-order valence-electron chi connectivity index (χ0n) is 14.3. The van der Waals surface area contributed by atoms with Crippen molar-refractivity contribution < 1.29 is 4.74 Å². The van der Waals surface area contributed by atoms with E-state index in [9.17, 15) is 0 Å². The standard InChI is InChI=1S/C18H25N3OS/c1-5-19-18(21-12-17-14(3)8-9-23-17)20-11-15-7-6-13(2)10-16(15)22-4/h6-10H,5,11-12H2,1-4H3,(H2,19,20,21). The number of methoxy groups -OCH3 is 1. The van der Waals surface area contributed by atoms with Crippen molar-refractivity contribution in [3.05, 3.63) is 51.2 Å². The van der Waals surface area contributed by atoms with Gasteiger partial charge in [0.2, 0.25) is 0 Å². The molecule has 2 rings (SSSR count). The second kappa shape index (κ2) is 8.58. The number of hydrogen-bond acceptors (Lipinski definition) is 3. The highest BCUT2D eigenvalue weighted by molar-refractivity contribution is 7.10. The third-order valence-electron chi connectivity index (χ3n) is 3.58. The van der Waals surface area contributed by atoms with Gasteiger partial charge in [0, 0.05) is 17.0 Å². The second-order valence-corrected chi connectivity index (χ2v) is 6.39. The van der Waals surface area contributed by atoms with Gasteiger partial charge in [-0.25, -0.2) is 4.99 Å². The summed E-state index contributed by atoms with van der Waals surface area (Å²) in [5, 5.41) is 8.80. The Kier molecular flexibility index (Phi) is 6.47. The molecule has 0 aliphatic carbocycles.